The van der Waals surface area contributed by atoms with Crippen molar-refractivity contribution in [1.82, 2.24) is 19.9 Å². The molecule has 23 heavy (non-hydrogen) atoms. The minimum Gasteiger partial charge on any atom is -0.349 e. The Morgan fingerprint density at radius 3 is 2.87 bits per heavy atom. The molecule has 2 aliphatic carbocycles. The average Bonchev–Trinajstić information content (AvgIpc) is 3.21. The SMILES string of the molecule is Cc1cc(C)n2ncc(C(=O)NC(C)C3CC4CCC3C4)c2n1. The monoisotopic (exact) mass is 312 g/mol. The van der Waals surface area contributed by atoms with E-state index in [0.717, 1.165) is 23.2 Å². The Bertz CT molecular complexity index is 766. The van der Waals surface area contributed by atoms with Crippen LogP contribution in [0.5, 0.6) is 0 Å². The Morgan fingerprint density at radius 2 is 2.17 bits per heavy atom. The third-order valence-electron chi connectivity index (χ3n) is 5.82. The fraction of sp³-hybridized carbons (Fsp3) is 0.611. The lowest BCUT2D eigenvalue weighted by Crippen LogP contribution is -2.40. The van der Waals surface area contributed by atoms with Crippen LogP contribution in [0, 0.1) is 31.6 Å². The number of hydrogen-bond donors (Lipinski definition) is 1. The molecule has 4 unspecified atom stereocenters. The van der Waals surface area contributed by atoms with Crippen molar-refractivity contribution < 1.29 is 4.79 Å². The van der Waals surface area contributed by atoms with Gasteiger partial charge >= 0.3 is 0 Å². The molecular formula is C18H24N4O. The first-order chi connectivity index (χ1) is 11.0. The fourth-order valence-corrected chi connectivity index (χ4v) is 4.73. The molecule has 1 amide bonds. The molecule has 4 atom stereocenters. The van der Waals surface area contributed by atoms with Crippen LogP contribution in [-0.2, 0) is 0 Å². The summed E-state index contributed by atoms with van der Waals surface area (Å²) in [5.41, 5.74) is 3.13. The normalized spacial score (nSPS) is 27.5. The Labute approximate surface area is 136 Å². The van der Waals surface area contributed by atoms with Crippen LogP contribution < -0.4 is 5.32 Å². The Kier molecular flexibility index (Phi) is 3.39. The number of aryl methyl sites for hydroxylation is 2. The molecule has 0 aliphatic heterocycles. The minimum atomic E-state index is -0.0484. The highest BCUT2D eigenvalue weighted by Crippen LogP contribution is 2.49. The molecule has 122 valence electrons. The van der Waals surface area contributed by atoms with Crippen LogP contribution in [0.3, 0.4) is 0 Å². The summed E-state index contributed by atoms with van der Waals surface area (Å²) in [4.78, 5) is 17.2. The largest absolute Gasteiger partial charge is 0.349 e. The van der Waals surface area contributed by atoms with Crippen molar-refractivity contribution in [1.29, 1.82) is 0 Å². The van der Waals surface area contributed by atoms with E-state index in [2.05, 4.69) is 22.3 Å². The topological polar surface area (TPSA) is 59.3 Å². The molecule has 2 saturated carbocycles. The molecule has 0 spiro atoms. The first-order valence-corrected chi connectivity index (χ1v) is 8.65. The van der Waals surface area contributed by atoms with Crippen molar-refractivity contribution >= 4 is 11.6 Å². The van der Waals surface area contributed by atoms with Gasteiger partial charge in [0.25, 0.3) is 5.91 Å². The summed E-state index contributed by atoms with van der Waals surface area (Å²) in [7, 11) is 0. The number of amides is 1. The van der Waals surface area contributed by atoms with Crippen molar-refractivity contribution in [3.63, 3.8) is 0 Å². The van der Waals surface area contributed by atoms with Gasteiger partial charge in [0.2, 0.25) is 0 Å². The highest BCUT2D eigenvalue weighted by molar-refractivity contribution is 5.99. The second-order valence-corrected chi connectivity index (χ2v) is 7.43. The molecule has 5 heteroatoms. The van der Waals surface area contributed by atoms with Gasteiger partial charge in [0.1, 0.15) is 5.56 Å². The van der Waals surface area contributed by atoms with Gasteiger partial charge in [-0.3, -0.25) is 4.79 Å². The van der Waals surface area contributed by atoms with E-state index < -0.39 is 0 Å². The van der Waals surface area contributed by atoms with Crippen molar-refractivity contribution in [3.05, 3.63) is 29.2 Å². The van der Waals surface area contributed by atoms with Gasteiger partial charge in [-0.15, -0.1) is 0 Å². The summed E-state index contributed by atoms with van der Waals surface area (Å²) in [5.74, 6) is 2.29. The predicted molar refractivity (Wildman–Crippen MR) is 88.3 cm³/mol. The summed E-state index contributed by atoms with van der Waals surface area (Å²) in [5, 5.41) is 7.52. The van der Waals surface area contributed by atoms with Crippen molar-refractivity contribution in [2.24, 2.45) is 17.8 Å². The van der Waals surface area contributed by atoms with E-state index in [9.17, 15) is 4.79 Å². The van der Waals surface area contributed by atoms with E-state index in [1.165, 1.54) is 25.7 Å². The van der Waals surface area contributed by atoms with Crippen LogP contribution >= 0.6 is 0 Å². The highest BCUT2D eigenvalue weighted by atomic mass is 16.1. The lowest BCUT2D eigenvalue weighted by molar-refractivity contribution is 0.0917. The number of nitrogens with one attached hydrogen (secondary N) is 1. The van der Waals surface area contributed by atoms with Gasteiger partial charge in [0, 0.05) is 17.4 Å². The van der Waals surface area contributed by atoms with Gasteiger partial charge in [0.15, 0.2) is 5.65 Å². The maximum Gasteiger partial charge on any atom is 0.256 e. The number of aromatic nitrogens is 3. The molecule has 2 aromatic rings. The molecular weight excluding hydrogens is 288 g/mol. The minimum absolute atomic E-state index is 0.0484. The van der Waals surface area contributed by atoms with Gasteiger partial charge in [0.05, 0.1) is 6.20 Å². The van der Waals surface area contributed by atoms with Crippen LogP contribution in [0.15, 0.2) is 12.3 Å². The summed E-state index contributed by atoms with van der Waals surface area (Å²) < 4.78 is 1.74. The van der Waals surface area contributed by atoms with E-state index in [-0.39, 0.29) is 11.9 Å². The van der Waals surface area contributed by atoms with E-state index in [0.29, 0.717) is 17.1 Å². The standard InChI is InChI=1S/C18H24N4O/c1-10-6-11(2)22-17(20-10)16(9-19-22)18(23)21-12(3)15-8-13-4-5-14(15)7-13/h6,9,12-15H,4-5,7-8H2,1-3H3,(H,21,23). The molecule has 0 radical (unpaired) electrons. The summed E-state index contributed by atoms with van der Waals surface area (Å²) in [6, 6.07) is 2.19. The van der Waals surface area contributed by atoms with Crippen molar-refractivity contribution in [3.8, 4) is 0 Å². The van der Waals surface area contributed by atoms with Gasteiger partial charge in [-0.05, 0) is 63.9 Å². The van der Waals surface area contributed by atoms with E-state index in [1.54, 1.807) is 10.7 Å². The fourth-order valence-electron chi connectivity index (χ4n) is 4.73. The zero-order valence-electron chi connectivity index (χ0n) is 14.0. The second-order valence-electron chi connectivity index (χ2n) is 7.43. The first kappa shape index (κ1) is 14.7. The lowest BCUT2D eigenvalue weighted by Gasteiger charge is -2.28. The van der Waals surface area contributed by atoms with E-state index in [1.807, 2.05) is 19.9 Å². The molecule has 2 bridgehead atoms. The molecule has 4 rings (SSSR count). The molecule has 2 fully saturated rings. The highest BCUT2D eigenvalue weighted by Gasteiger charge is 2.42. The zero-order chi connectivity index (χ0) is 16.1. The number of carbonyl (C=O) groups excluding carboxylic acids is 1. The average molecular weight is 312 g/mol. The van der Waals surface area contributed by atoms with Crippen molar-refractivity contribution in [2.75, 3.05) is 0 Å². The van der Waals surface area contributed by atoms with Crippen LogP contribution in [0.25, 0.3) is 5.65 Å². The Hall–Kier alpha value is -1.91. The van der Waals surface area contributed by atoms with Crippen LogP contribution in [0.4, 0.5) is 0 Å². The zero-order valence-corrected chi connectivity index (χ0v) is 14.0. The van der Waals surface area contributed by atoms with Gasteiger partial charge in [-0.2, -0.15) is 5.10 Å². The molecule has 0 saturated heterocycles. The predicted octanol–water partition coefficient (Wildman–Crippen LogP) is 2.90. The third-order valence-corrected chi connectivity index (χ3v) is 5.82. The van der Waals surface area contributed by atoms with Gasteiger partial charge in [-0.1, -0.05) is 6.42 Å². The maximum absolute atomic E-state index is 12.7. The molecule has 2 aromatic heterocycles. The summed E-state index contributed by atoms with van der Waals surface area (Å²) in [6.45, 7) is 6.08. The molecule has 2 heterocycles. The smallest absolute Gasteiger partial charge is 0.256 e. The van der Waals surface area contributed by atoms with Gasteiger partial charge < -0.3 is 5.32 Å². The summed E-state index contributed by atoms with van der Waals surface area (Å²) >= 11 is 0. The number of rotatable bonds is 3. The molecule has 1 N–H and O–H groups in total. The Morgan fingerprint density at radius 1 is 1.35 bits per heavy atom. The number of nitrogens with zero attached hydrogens (tertiary/aromatic N) is 3. The molecule has 0 aromatic carbocycles. The summed E-state index contributed by atoms with van der Waals surface area (Å²) in [6.07, 6.45) is 7.00. The third kappa shape index (κ3) is 2.42. The van der Waals surface area contributed by atoms with E-state index >= 15 is 0 Å². The number of carbonyl (C=O) groups is 1. The van der Waals surface area contributed by atoms with E-state index in [4.69, 9.17) is 0 Å². The quantitative estimate of drug-likeness (QED) is 0.948. The lowest BCUT2D eigenvalue weighted by atomic mass is 9.84. The molecule has 5 nitrogen and oxygen atoms in total. The first-order valence-electron chi connectivity index (χ1n) is 8.65. The van der Waals surface area contributed by atoms with Crippen LogP contribution in [-0.4, -0.2) is 26.5 Å². The van der Waals surface area contributed by atoms with Crippen LogP contribution in [0.1, 0.15) is 54.4 Å². The molecule has 2 aliphatic rings. The van der Waals surface area contributed by atoms with Crippen molar-refractivity contribution in [2.45, 2.75) is 52.5 Å². The number of fused-ring (bicyclic) bond motifs is 3. The Balaban J connectivity index is 1.55. The van der Waals surface area contributed by atoms with Gasteiger partial charge in [-0.25, -0.2) is 9.50 Å². The number of hydrogen-bond acceptors (Lipinski definition) is 3. The second kappa shape index (κ2) is 5.32. The van der Waals surface area contributed by atoms with Crippen LogP contribution in [0.2, 0.25) is 0 Å². The maximum atomic E-state index is 12.7.